The highest BCUT2D eigenvalue weighted by molar-refractivity contribution is 7.62. The molecule has 0 aromatic carbocycles. The first-order valence-corrected chi connectivity index (χ1v) is 12.5. The minimum Gasteiger partial charge on any atom is -0.362 e. The second-order valence-electron chi connectivity index (χ2n) is 8.39. The molecule has 0 saturated heterocycles. The van der Waals surface area contributed by atoms with Crippen LogP contribution >= 0.6 is 15.6 Å². The van der Waals surface area contributed by atoms with Crippen LogP contribution in [0.5, 0.6) is 0 Å². The Balaban J connectivity index is 6.73. The largest absolute Gasteiger partial charge is 0.489 e. The molecule has 0 aliphatic rings. The third-order valence-corrected chi connectivity index (χ3v) is 8.44. The molecule has 4 unspecified atom stereocenters. The van der Waals surface area contributed by atoms with Crippen LogP contribution in [0.15, 0.2) is 48.6 Å². The molecule has 0 bridgehead atoms. The molecule has 0 aliphatic carbocycles. The van der Waals surface area contributed by atoms with Gasteiger partial charge >= 0.3 is 15.6 Å². The second kappa shape index (κ2) is 10.4. The molecule has 33 heavy (non-hydrogen) atoms. The summed E-state index contributed by atoms with van der Waals surface area (Å²) in [7, 11) is -10.7. The van der Waals surface area contributed by atoms with Crippen LogP contribution < -0.4 is 0 Å². The average Bonchev–Trinajstić information content (AvgIpc) is 2.50. The Hall–Kier alpha value is -0.940. The Morgan fingerprint density at radius 1 is 0.545 bits per heavy atom. The summed E-state index contributed by atoms with van der Waals surface area (Å²) >= 11 is 0. The monoisotopic (exact) mass is 514 g/mol. The Labute approximate surface area is 195 Å². The predicted octanol–water partition coefficient (Wildman–Crippen LogP) is 4.42. The lowest BCUT2D eigenvalue weighted by Gasteiger charge is -2.37. The molecule has 0 spiro atoms. The van der Waals surface area contributed by atoms with Gasteiger partial charge in [0.05, 0.1) is 0 Å². The summed E-state index contributed by atoms with van der Waals surface area (Å²) < 4.78 is 52.3. The van der Waals surface area contributed by atoms with Gasteiger partial charge in [-0.25, -0.2) is 27.2 Å². The molecule has 0 saturated carbocycles. The number of phosphoric acid groups is 2. The van der Waals surface area contributed by atoms with Gasteiger partial charge in [0.15, 0.2) is 23.1 Å². The van der Waals surface area contributed by atoms with Crippen molar-refractivity contribution < 1.29 is 52.0 Å². The van der Waals surface area contributed by atoms with Gasteiger partial charge in [0.2, 0.25) is 0 Å². The minimum absolute atomic E-state index is 0.0792. The van der Waals surface area contributed by atoms with Gasteiger partial charge in [0, 0.05) is 0 Å². The molecule has 13 heteroatoms. The van der Waals surface area contributed by atoms with Gasteiger partial charge in [-0.05, 0) is 77.7 Å². The zero-order valence-electron chi connectivity index (χ0n) is 20.4. The summed E-state index contributed by atoms with van der Waals surface area (Å²) in [5, 5.41) is 41.8. The van der Waals surface area contributed by atoms with E-state index >= 15 is 0 Å². The molecule has 0 aromatic rings. The summed E-state index contributed by atoms with van der Waals surface area (Å²) in [4.78, 5) is 0. The molecular formula is C20H36O11P2. The number of hydrogen-bond donors (Lipinski definition) is 4. The molecule has 0 fully saturated rings. The van der Waals surface area contributed by atoms with Crippen molar-refractivity contribution in [1.82, 2.24) is 0 Å². The smallest absolute Gasteiger partial charge is 0.362 e. The van der Waals surface area contributed by atoms with Crippen molar-refractivity contribution in [2.24, 2.45) is 0 Å². The fraction of sp³-hybridized carbons (Fsp3) is 0.600. The van der Waals surface area contributed by atoms with Crippen LogP contribution in [0.4, 0.5) is 0 Å². The number of phosphoric ester groups is 2. The van der Waals surface area contributed by atoms with E-state index in [1.165, 1.54) is 27.7 Å². The Morgan fingerprint density at radius 3 is 0.818 bits per heavy atom. The van der Waals surface area contributed by atoms with E-state index in [4.69, 9.17) is 22.4 Å². The molecule has 0 amide bonds. The maximum Gasteiger partial charge on any atom is 0.489 e. The molecule has 0 radical (unpaired) electrons. The van der Waals surface area contributed by atoms with Crippen molar-refractivity contribution in [2.45, 2.75) is 78.5 Å². The first kappa shape index (κ1) is 32.1. The van der Waals surface area contributed by atoms with Gasteiger partial charge in [0.25, 0.3) is 0 Å². The van der Waals surface area contributed by atoms with Crippen LogP contribution in [0.25, 0.3) is 0 Å². The van der Waals surface area contributed by atoms with Gasteiger partial charge in [0.1, 0.15) is 0 Å². The maximum atomic E-state index is 13.6. The molecule has 0 aromatic heterocycles. The fourth-order valence-corrected chi connectivity index (χ4v) is 5.36. The second-order valence-corrected chi connectivity index (χ2v) is 11.6. The van der Waals surface area contributed by atoms with Crippen LogP contribution in [0, 0.1) is 0 Å². The van der Waals surface area contributed by atoms with E-state index in [1.54, 1.807) is 0 Å². The highest BCUT2D eigenvalue weighted by Gasteiger charge is 2.53. The van der Waals surface area contributed by atoms with E-state index < -0.39 is 38.8 Å². The summed E-state index contributed by atoms with van der Waals surface area (Å²) in [5.41, 5.74) is -0.317. The molecule has 4 atom stereocenters. The minimum atomic E-state index is -5.34. The zero-order valence-corrected chi connectivity index (χ0v) is 22.2. The number of aliphatic hydroxyl groups is 4. The first-order valence-electron chi connectivity index (χ1n) is 9.59. The van der Waals surface area contributed by atoms with Gasteiger partial charge in [-0.3, -0.25) is 0 Å². The van der Waals surface area contributed by atoms with E-state index in [-0.39, 0.29) is 22.3 Å². The van der Waals surface area contributed by atoms with Gasteiger partial charge < -0.3 is 20.4 Å². The highest BCUT2D eigenvalue weighted by atomic mass is 31.3. The molecule has 192 valence electrons. The third-order valence-electron chi connectivity index (χ3n) is 4.53. The zero-order chi connectivity index (χ0) is 26.8. The maximum absolute atomic E-state index is 13.6. The van der Waals surface area contributed by atoms with Crippen LogP contribution in [0.2, 0.25) is 0 Å². The van der Waals surface area contributed by atoms with E-state index in [1.807, 2.05) is 0 Å². The van der Waals surface area contributed by atoms with E-state index in [0.717, 1.165) is 27.7 Å². The van der Waals surface area contributed by atoms with Crippen molar-refractivity contribution in [3.8, 4) is 0 Å². The third kappa shape index (κ3) is 9.32. The van der Waals surface area contributed by atoms with Crippen LogP contribution in [-0.2, 0) is 31.5 Å². The number of rotatable bonds is 14. The summed E-state index contributed by atoms with van der Waals surface area (Å²) in [6, 6.07) is 0. The highest BCUT2D eigenvalue weighted by Crippen LogP contribution is 2.70. The van der Waals surface area contributed by atoms with Crippen molar-refractivity contribution in [3.05, 3.63) is 48.6 Å². The van der Waals surface area contributed by atoms with E-state index in [0.29, 0.717) is 0 Å². The van der Waals surface area contributed by atoms with E-state index in [2.05, 4.69) is 26.3 Å². The number of hydrogen-bond acceptors (Lipinski definition) is 11. The molecule has 4 N–H and O–H groups in total. The average molecular weight is 514 g/mol. The Kier molecular flexibility index (Phi) is 10.1. The summed E-state index contributed by atoms with van der Waals surface area (Å²) in [6.45, 7) is 23.2. The Bertz CT molecular complexity index is 764. The van der Waals surface area contributed by atoms with Gasteiger partial charge in [-0.1, -0.05) is 26.3 Å². The quantitative estimate of drug-likeness (QED) is 0.147. The summed E-state index contributed by atoms with van der Waals surface area (Å²) in [6.07, 6.45) is 0. The van der Waals surface area contributed by atoms with E-state index in [9.17, 15) is 29.6 Å². The topological polar surface area (TPSA) is 161 Å². The van der Waals surface area contributed by atoms with Gasteiger partial charge in [-0.2, -0.15) is 4.31 Å². The Morgan fingerprint density at radius 2 is 0.697 bits per heavy atom. The SMILES string of the molecule is C=C(C)C(C)(O)OP(=O)(OC(C)(O)C(=C)C)OP(=O)(OC(C)(O)C(=C)C)OC(C)(O)C(=C)C. The van der Waals surface area contributed by atoms with Crippen molar-refractivity contribution in [1.29, 1.82) is 0 Å². The predicted molar refractivity (Wildman–Crippen MR) is 122 cm³/mol. The van der Waals surface area contributed by atoms with Crippen molar-refractivity contribution >= 4 is 15.6 Å². The van der Waals surface area contributed by atoms with Gasteiger partial charge in [-0.15, -0.1) is 0 Å². The standard InChI is InChI=1S/C20H36O11P2/c1-13(2)17(9,21)27-32(25,28-18(10,22)14(3)4)31-33(26,29-19(11,23)15(5)6)30-20(12,24)16(7)8/h21-24H,1,3,5,7H2,2,4,6,8-12H3. The fourth-order valence-electron chi connectivity index (χ4n) is 1.41. The molecule has 11 nitrogen and oxygen atoms in total. The van der Waals surface area contributed by atoms with Crippen molar-refractivity contribution in [2.75, 3.05) is 0 Å². The lowest BCUT2D eigenvalue weighted by atomic mass is 10.2. The molecule has 0 aliphatic heterocycles. The molecular weight excluding hydrogens is 478 g/mol. The van der Waals surface area contributed by atoms with Crippen molar-refractivity contribution in [3.63, 3.8) is 0 Å². The molecule has 0 heterocycles. The summed E-state index contributed by atoms with van der Waals surface area (Å²) in [5.74, 6) is -9.56. The lowest BCUT2D eigenvalue weighted by molar-refractivity contribution is -0.159. The normalized spacial score (nSPS) is 22.9. The van der Waals surface area contributed by atoms with Crippen LogP contribution in [0.3, 0.4) is 0 Å². The lowest BCUT2D eigenvalue weighted by Crippen LogP contribution is -2.35. The molecule has 0 rings (SSSR count). The van der Waals surface area contributed by atoms with Crippen LogP contribution in [0.1, 0.15) is 55.4 Å². The van der Waals surface area contributed by atoms with Crippen LogP contribution in [-0.4, -0.2) is 43.6 Å². The first-order chi connectivity index (χ1) is 14.3.